The Morgan fingerprint density at radius 2 is 2.25 bits per heavy atom. The van der Waals surface area contributed by atoms with Crippen molar-refractivity contribution in [2.75, 3.05) is 33.5 Å². The third-order valence-electron chi connectivity index (χ3n) is 1.61. The number of ether oxygens (including phenoxy) is 4. The first-order chi connectivity index (χ1) is 5.86. The lowest BCUT2D eigenvalue weighted by atomic mass is 10.4. The first-order valence-corrected chi connectivity index (χ1v) is 4.20. The molecule has 0 N–H and O–H groups in total. The summed E-state index contributed by atoms with van der Waals surface area (Å²) in [6.45, 7) is 4.50. The SMILES string of the molecule is CCOCC(COC1CO1)OC. The van der Waals surface area contributed by atoms with Gasteiger partial charge in [0.15, 0.2) is 6.29 Å². The Bertz CT molecular complexity index is 114. The summed E-state index contributed by atoms with van der Waals surface area (Å²) in [6.07, 6.45) is 0.0263. The van der Waals surface area contributed by atoms with Gasteiger partial charge in [-0.2, -0.15) is 0 Å². The molecular weight excluding hydrogens is 160 g/mol. The summed E-state index contributed by atoms with van der Waals surface area (Å²) in [4.78, 5) is 0. The monoisotopic (exact) mass is 176 g/mol. The first-order valence-electron chi connectivity index (χ1n) is 4.20. The normalized spacial score (nSPS) is 24.0. The minimum Gasteiger partial charge on any atom is -0.379 e. The first kappa shape index (κ1) is 9.92. The van der Waals surface area contributed by atoms with Crippen LogP contribution in [0.25, 0.3) is 0 Å². The van der Waals surface area contributed by atoms with Gasteiger partial charge in [-0.3, -0.25) is 0 Å². The number of hydrogen-bond acceptors (Lipinski definition) is 4. The molecule has 1 aliphatic rings. The van der Waals surface area contributed by atoms with E-state index in [4.69, 9.17) is 18.9 Å². The molecule has 2 atom stereocenters. The molecular formula is C8H16O4. The molecule has 1 saturated heterocycles. The zero-order chi connectivity index (χ0) is 8.81. The minimum atomic E-state index is 0.00396. The maximum atomic E-state index is 5.28. The molecule has 1 rings (SSSR count). The van der Waals surface area contributed by atoms with Gasteiger partial charge in [0.1, 0.15) is 12.7 Å². The average Bonchev–Trinajstić information content (AvgIpc) is 2.89. The molecule has 0 aromatic rings. The van der Waals surface area contributed by atoms with Crippen LogP contribution in [0.5, 0.6) is 0 Å². The fourth-order valence-corrected chi connectivity index (χ4v) is 0.784. The fourth-order valence-electron chi connectivity index (χ4n) is 0.784. The summed E-state index contributed by atoms with van der Waals surface area (Å²) in [6, 6.07) is 0. The van der Waals surface area contributed by atoms with Crippen molar-refractivity contribution in [1.82, 2.24) is 0 Å². The number of rotatable bonds is 7. The lowest BCUT2D eigenvalue weighted by Crippen LogP contribution is -2.25. The zero-order valence-electron chi connectivity index (χ0n) is 7.62. The molecule has 4 heteroatoms. The maximum absolute atomic E-state index is 5.28. The van der Waals surface area contributed by atoms with E-state index in [1.54, 1.807) is 7.11 Å². The van der Waals surface area contributed by atoms with Gasteiger partial charge in [-0.25, -0.2) is 0 Å². The van der Waals surface area contributed by atoms with Crippen LogP contribution in [0.4, 0.5) is 0 Å². The molecule has 4 nitrogen and oxygen atoms in total. The summed E-state index contributed by atoms with van der Waals surface area (Å²) in [7, 11) is 1.65. The van der Waals surface area contributed by atoms with Crippen molar-refractivity contribution in [2.24, 2.45) is 0 Å². The molecule has 0 bridgehead atoms. The fraction of sp³-hybridized carbons (Fsp3) is 1.00. The summed E-state index contributed by atoms with van der Waals surface area (Å²) in [5, 5.41) is 0. The van der Waals surface area contributed by atoms with Crippen LogP contribution in [-0.2, 0) is 18.9 Å². The van der Waals surface area contributed by atoms with Gasteiger partial charge < -0.3 is 18.9 Å². The topological polar surface area (TPSA) is 40.2 Å². The standard InChI is InChI=1S/C8H16O4/c1-3-10-4-7(9-2)5-11-8-6-12-8/h7-8H,3-6H2,1-2H3. The van der Waals surface area contributed by atoms with E-state index in [9.17, 15) is 0 Å². The highest BCUT2D eigenvalue weighted by atomic mass is 16.8. The predicted octanol–water partition coefficient (Wildman–Crippen LogP) is 0.411. The van der Waals surface area contributed by atoms with E-state index in [-0.39, 0.29) is 12.4 Å². The van der Waals surface area contributed by atoms with Crippen LogP contribution in [0.1, 0.15) is 6.92 Å². The van der Waals surface area contributed by atoms with Crippen molar-refractivity contribution in [1.29, 1.82) is 0 Å². The van der Waals surface area contributed by atoms with E-state index in [1.807, 2.05) is 6.92 Å². The van der Waals surface area contributed by atoms with Gasteiger partial charge in [-0.15, -0.1) is 0 Å². The Balaban J connectivity index is 1.98. The molecule has 0 aliphatic carbocycles. The maximum Gasteiger partial charge on any atom is 0.181 e. The van der Waals surface area contributed by atoms with Crippen LogP contribution in [0.3, 0.4) is 0 Å². The van der Waals surface area contributed by atoms with Gasteiger partial charge >= 0.3 is 0 Å². The second-order valence-electron chi connectivity index (χ2n) is 2.61. The molecule has 0 aromatic carbocycles. The second-order valence-corrected chi connectivity index (χ2v) is 2.61. The minimum absolute atomic E-state index is 0.00396. The summed E-state index contributed by atoms with van der Waals surface area (Å²) in [5.41, 5.74) is 0. The molecule has 0 aromatic heterocycles. The van der Waals surface area contributed by atoms with Gasteiger partial charge in [-0.1, -0.05) is 0 Å². The van der Waals surface area contributed by atoms with Gasteiger partial charge in [-0.05, 0) is 6.92 Å². The van der Waals surface area contributed by atoms with Gasteiger partial charge in [0.05, 0.1) is 13.2 Å². The largest absolute Gasteiger partial charge is 0.379 e. The molecule has 1 heterocycles. The van der Waals surface area contributed by atoms with Gasteiger partial charge in [0, 0.05) is 13.7 Å². The molecule has 0 spiro atoms. The molecule has 2 unspecified atom stereocenters. The second kappa shape index (κ2) is 5.48. The predicted molar refractivity (Wildman–Crippen MR) is 43.0 cm³/mol. The van der Waals surface area contributed by atoms with Gasteiger partial charge in [0.25, 0.3) is 0 Å². The van der Waals surface area contributed by atoms with Crippen molar-refractivity contribution in [3.63, 3.8) is 0 Å². The van der Waals surface area contributed by atoms with E-state index in [2.05, 4.69) is 0 Å². The third-order valence-corrected chi connectivity index (χ3v) is 1.61. The van der Waals surface area contributed by atoms with E-state index in [0.717, 1.165) is 0 Å². The highest BCUT2D eigenvalue weighted by Gasteiger charge is 2.24. The highest BCUT2D eigenvalue weighted by molar-refractivity contribution is 4.60. The van der Waals surface area contributed by atoms with E-state index >= 15 is 0 Å². The van der Waals surface area contributed by atoms with Crippen LogP contribution in [-0.4, -0.2) is 45.9 Å². The lowest BCUT2D eigenvalue weighted by molar-refractivity contribution is -0.0588. The molecule has 72 valence electrons. The van der Waals surface area contributed by atoms with Crippen molar-refractivity contribution in [3.8, 4) is 0 Å². The van der Waals surface area contributed by atoms with Crippen LogP contribution in [0, 0.1) is 0 Å². The number of hydrogen-bond donors (Lipinski definition) is 0. The van der Waals surface area contributed by atoms with E-state index in [0.29, 0.717) is 26.4 Å². The Kier molecular flexibility index (Phi) is 4.53. The summed E-state index contributed by atoms with van der Waals surface area (Å²) in [5.74, 6) is 0. The van der Waals surface area contributed by atoms with Crippen LogP contribution >= 0.6 is 0 Å². The Morgan fingerprint density at radius 3 is 2.75 bits per heavy atom. The van der Waals surface area contributed by atoms with Crippen molar-refractivity contribution in [2.45, 2.75) is 19.3 Å². The van der Waals surface area contributed by atoms with Crippen LogP contribution < -0.4 is 0 Å². The quantitative estimate of drug-likeness (QED) is 0.527. The highest BCUT2D eigenvalue weighted by Crippen LogP contribution is 2.10. The van der Waals surface area contributed by atoms with Crippen molar-refractivity contribution >= 4 is 0 Å². The Hall–Kier alpha value is -0.160. The molecule has 1 fully saturated rings. The Labute approximate surface area is 72.7 Å². The molecule has 0 radical (unpaired) electrons. The van der Waals surface area contributed by atoms with Crippen molar-refractivity contribution < 1.29 is 18.9 Å². The molecule has 0 amide bonds. The smallest absolute Gasteiger partial charge is 0.181 e. The molecule has 1 aliphatic heterocycles. The number of methoxy groups -OCH3 is 1. The Morgan fingerprint density at radius 1 is 1.50 bits per heavy atom. The zero-order valence-corrected chi connectivity index (χ0v) is 7.62. The average molecular weight is 176 g/mol. The number of epoxide rings is 1. The molecule has 0 saturated carbocycles. The van der Waals surface area contributed by atoms with Gasteiger partial charge in [0.2, 0.25) is 0 Å². The van der Waals surface area contributed by atoms with Crippen LogP contribution in [0.2, 0.25) is 0 Å². The third kappa shape index (κ3) is 4.01. The van der Waals surface area contributed by atoms with E-state index in [1.165, 1.54) is 0 Å². The lowest BCUT2D eigenvalue weighted by Gasteiger charge is -2.13. The van der Waals surface area contributed by atoms with Crippen LogP contribution in [0.15, 0.2) is 0 Å². The van der Waals surface area contributed by atoms with E-state index < -0.39 is 0 Å². The summed E-state index contributed by atoms with van der Waals surface area (Å²) >= 11 is 0. The van der Waals surface area contributed by atoms with Crippen molar-refractivity contribution in [3.05, 3.63) is 0 Å². The summed E-state index contributed by atoms with van der Waals surface area (Å²) < 4.78 is 20.5. The molecule has 12 heavy (non-hydrogen) atoms.